The van der Waals surface area contributed by atoms with Gasteiger partial charge in [0.25, 0.3) is 0 Å². The molecule has 1 N–H and O–H groups in total. The second-order valence-corrected chi connectivity index (χ2v) is 7.98. The first kappa shape index (κ1) is 15.8. The maximum Gasteiger partial charge on any atom is 0.508 e. The molecule has 5 unspecified atom stereocenters. The normalized spacial score (nSPS) is 37.1. The number of carbonyl (C=O) groups excluding carboxylic acids is 1. The average Bonchev–Trinajstić information content (AvgIpc) is 2.90. The predicted molar refractivity (Wildman–Crippen MR) is 90.0 cm³/mol. The highest BCUT2D eigenvalue weighted by Crippen LogP contribution is 2.61. The van der Waals surface area contributed by atoms with Crippen molar-refractivity contribution in [2.24, 2.45) is 17.3 Å². The van der Waals surface area contributed by atoms with Crippen LogP contribution >= 0.6 is 0 Å². The fourth-order valence-electron chi connectivity index (χ4n) is 5.88. The molecule has 0 aliphatic heterocycles. The van der Waals surface area contributed by atoms with Gasteiger partial charge in [-0.25, -0.2) is 4.79 Å². The number of hydrogen-bond acceptors (Lipinski definition) is 4. The van der Waals surface area contributed by atoms with E-state index < -0.39 is 6.16 Å². The lowest BCUT2D eigenvalue weighted by atomic mass is 9.55. The van der Waals surface area contributed by atoms with Crippen LogP contribution in [0.4, 0.5) is 4.79 Å². The van der Waals surface area contributed by atoms with Crippen LogP contribution in [0.1, 0.15) is 56.1 Å². The van der Waals surface area contributed by atoms with Crippen LogP contribution in [0.3, 0.4) is 0 Å². The first-order chi connectivity index (χ1) is 11.5. The Kier molecular flexibility index (Phi) is 3.74. The first-order valence-electron chi connectivity index (χ1n) is 9.09. The van der Waals surface area contributed by atoms with E-state index in [1.54, 1.807) is 0 Å². The Morgan fingerprint density at radius 1 is 1.25 bits per heavy atom. The van der Waals surface area contributed by atoms with E-state index in [1.165, 1.54) is 24.7 Å². The van der Waals surface area contributed by atoms with Gasteiger partial charge in [0.15, 0.2) is 0 Å². The zero-order valence-electron chi connectivity index (χ0n) is 14.5. The number of methoxy groups -OCH3 is 1. The number of hydrogen-bond donors (Lipinski definition) is 1. The molecule has 0 spiro atoms. The number of phenolic OH excluding ortho intramolecular Hbond substituents is 1. The van der Waals surface area contributed by atoms with Crippen molar-refractivity contribution in [3.8, 4) is 5.75 Å². The van der Waals surface area contributed by atoms with Gasteiger partial charge in [-0.3, -0.25) is 0 Å². The Morgan fingerprint density at radius 3 is 2.88 bits per heavy atom. The molecule has 0 saturated heterocycles. The van der Waals surface area contributed by atoms with Crippen LogP contribution in [0.15, 0.2) is 18.2 Å². The van der Waals surface area contributed by atoms with E-state index >= 15 is 0 Å². The molecule has 2 fully saturated rings. The predicted octanol–water partition coefficient (Wildman–Crippen LogP) is 4.40. The van der Waals surface area contributed by atoms with Gasteiger partial charge in [-0.05, 0) is 79.5 Å². The molecule has 4 rings (SSSR count). The molecule has 0 aromatic heterocycles. The van der Waals surface area contributed by atoms with E-state index in [2.05, 4.69) is 13.0 Å². The number of fused-ring (bicyclic) bond motifs is 5. The van der Waals surface area contributed by atoms with Gasteiger partial charge in [0.05, 0.1) is 7.11 Å². The highest BCUT2D eigenvalue weighted by atomic mass is 16.7. The summed E-state index contributed by atoms with van der Waals surface area (Å²) in [5.74, 6) is 2.23. The number of aryl methyl sites for hydroxylation is 1. The SMILES string of the molecule is COC(=O)OC1CCC2C3CCc4cc(O)ccc4C3CCC12C. The molecule has 3 aliphatic rings. The summed E-state index contributed by atoms with van der Waals surface area (Å²) < 4.78 is 10.3. The van der Waals surface area contributed by atoms with Gasteiger partial charge in [0.1, 0.15) is 11.9 Å². The molecule has 1 aromatic rings. The van der Waals surface area contributed by atoms with E-state index in [0.29, 0.717) is 23.5 Å². The number of phenols is 1. The quantitative estimate of drug-likeness (QED) is 0.775. The van der Waals surface area contributed by atoms with E-state index in [1.807, 2.05) is 12.1 Å². The largest absolute Gasteiger partial charge is 0.508 e. The fourth-order valence-corrected chi connectivity index (χ4v) is 5.88. The van der Waals surface area contributed by atoms with Crippen molar-refractivity contribution >= 4 is 6.16 Å². The summed E-state index contributed by atoms with van der Waals surface area (Å²) in [5.41, 5.74) is 2.83. The zero-order valence-corrected chi connectivity index (χ0v) is 14.5. The number of benzene rings is 1. The summed E-state index contributed by atoms with van der Waals surface area (Å²) in [4.78, 5) is 11.6. The van der Waals surface area contributed by atoms with Crippen molar-refractivity contribution in [3.63, 3.8) is 0 Å². The lowest BCUT2D eigenvalue weighted by Crippen LogP contribution is -2.45. The zero-order chi connectivity index (χ0) is 16.9. The summed E-state index contributed by atoms with van der Waals surface area (Å²) in [7, 11) is 1.38. The third kappa shape index (κ3) is 2.30. The van der Waals surface area contributed by atoms with Gasteiger partial charge in [-0.1, -0.05) is 13.0 Å². The summed E-state index contributed by atoms with van der Waals surface area (Å²) in [5, 5.41) is 9.76. The summed E-state index contributed by atoms with van der Waals surface area (Å²) in [6.45, 7) is 2.31. The molecule has 1 aromatic carbocycles. The first-order valence-corrected chi connectivity index (χ1v) is 9.09. The van der Waals surface area contributed by atoms with Crippen LogP contribution in [-0.2, 0) is 15.9 Å². The minimum Gasteiger partial charge on any atom is -0.508 e. The van der Waals surface area contributed by atoms with Crippen LogP contribution < -0.4 is 0 Å². The van der Waals surface area contributed by atoms with Gasteiger partial charge in [0.2, 0.25) is 0 Å². The van der Waals surface area contributed by atoms with Crippen LogP contribution in [0.5, 0.6) is 5.75 Å². The smallest absolute Gasteiger partial charge is 0.508 e. The van der Waals surface area contributed by atoms with Crippen LogP contribution in [0.25, 0.3) is 0 Å². The molecular formula is C20H26O4. The van der Waals surface area contributed by atoms with E-state index in [0.717, 1.165) is 32.1 Å². The Bertz CT molecular complexity index is 655. The molecule has 0 heterocycles. The van der Waals surface area contributed by atoms with Crippen LogP contribution in [0, 0.1) is 17.3 Å². The van der Waals surface area contributed by atoms with Crippen molar-refractivity contribution in [2.45, 2.75) is 57.5 Å². The Hall–Kier alpha value is -1.71. The second-order valence-electron chi connectivity index (χ2n) is 7.98. The maximum absolute atomic E-state index is 11.6. The van der Waals surface area contributed by atoms with Crippen LogP contribution in [-0.4, -0.2) is 24.5 Å². The van der Waals surface area contributed by atoms with Gasteiger partial charge < -0.3 is 14.6 Å². The van der Waals surface area contributed by atoms with Gasteiger partial charge in [0, 0.05) is 5.41 Å². The molecule has 0 radical (unpaired) electrons. The highest BCUT2D eigenvalue weighted by Gasteiger charge is 2.56. The Morgan fingerprint density at radius 2 is 2.08 bits per heavy atom. The molecule has 4 heteroatoms. The average molecular weight is 330 g/mol. The third-order valence-corrected chi connectivity index (χ3v) is 7.03. The molecule has 130 valence electrons. The number of aromatic hydroxyl groups is 1. The fraction of sp³-hybridized carbons (Fsp3) is 0.650. The summed E-state index contributed by atoms with van der Waals surface area (Å²) in [6.07, 6.45) is 5.95. The lowest BCUT2D eigenvalue weighted by Gasteiger charge is -2.50. The summed E-state index contributed by atoms with van der Waals surface area (Å²) in [6, 6.07) is 5.89. The standard InChI is InChI=1S/C20H26O4/c1-20-10-9-15-14-6-4-13(21)11-12(14)3-5-16(15)17(20)7-8-18(20)24-19(22)23-2/h4,6,11,15-18,21H,3,5,7-10H2,1-2H3. The molecule has 3 aliphatic carbocycles. The molecule has 4 nitrogen and oxygen atoms in total. The highest BCUT2D eigenvalue weighted by molar-refractivity contribution is 5.60. The van der Waals surface area contributed by atoms with Crippen LogP contribution in [0.2, 0.25) is 0 Å². The van der Waals surface area contributed by atoms with Crippen molar-refractivity contribution in [1.82, 2.24) is 0 Å². The molecule has 0 bridgehead atoms. The lowest BCUT2D eigenvalue weighted by molar-refractivity contribution is -0.0500. The maximum atomic E-state index is 11.6. The molecular weight excluding hydrogens is 304 g/mol. The van der Waals surface area contributed by atoms with Gasteiger partial charge >= 0.3 is 6.16 Å². The topological polar surface area (TPSA) is 55.8 Å². The van der Waals surface area contributed by atoms with E-state index in [-0.39, 0.29) is 11.5 Å². The van der Waals surface area contributed by atoms with E-state index in [4.69, 9.17) is 9.47 Å². The number of carbonyl (C=O) groups is 1. The second kappa shape index (κ2) is 5.68. The minimum atomic E-state index is -0.548. The molecule has 5 atom stereocenters. The van der Waals surface area contributed by atoms with Crippen molar-refractivity contribution < 1.29 is 19.4 Å². The third-order valence-electron chi connectivity index (χ3n) is 7.03. The van der Waals surface area contributed by atoms with Crippen molar-refractivity contribution in [3.05, 3.63) is 29.3 Å². The Balaban J connectivity index is 1.60. The molecule has 24 heavy (non-hydrogen) atoms. The Labute approximate surface area is 143 Å². The molecule has 2 saturated carbocycles. The number of rotatable bonds is 1. The molecule has 0 amide bonds. The minimum absolute atomic E-state index is 0.0166. The van der Waals surface area contributed by atoms with Crippen molar-refractivity contribution in [1.29, 1.82) is 0 Å². The van der Waals surface area contributed by atoms with E-state index in [9.17, 15) is 9.90 Å². The van der Waals surface area contributed by atoms with Crippen molar-refractivity contribution in [2.75, 3.05) is 7.11 Å². The van der Waals surface area contributed by atoms with Gasteiger partial charge in [-0.2, -0.15) is 0 Å². The number of ether oxygens (including phenoxy) is 2. The summed E-state index contributed by atoms with van der Waals surface area (Å²) >= 11 is 0. The van der Waals surface area contributed by atoms with Gasteiger partial charge in [-0.15, -0.1) is 0 Å². The monoisotopic (exact) mass is 330 g/mol.